The van der Waals surface area contributed by atoms with Crippen molar-refractivity contribution in [2.75, 3.05) is 31.9 Å². The first-order valence-corrected chi connectivity index (χ1v) is 10.4. The van der Waals surface area contributed by atoms with Gasteiger partial charge in [-0.2, -0.15) is 0 Å². The van der Waals surface area contributed by atoms with Crippen LogP contribution in [0.25, 0.3) is 11.4 Å². The Hall–Kier alpha value is -3.20. The number of anilines is 1. The van der Waals surface area contributed by atoms with Crippen molar-refractivity contribution in [1.82, 2.24) is 15.2 Å². The van der Waals surface area contributed by atoms with Crippen molar-refractivity contribution in [1.29, 1.82) is 0 Å². The van der Waals surface area contributed by atoms with Gasteiger partial charge in [-0.3, -0.25) is 4.79 Å². The molecule has 3 rings (SSSR count). The van der Waals surface area contributed by atoms with Crippen molar-refractivity contribution in [3.8, 4) is 28.6 Å². The summed E-state index contributed by atoms with van der Waals surface area (Å²) in [5.74, 6) is 2.66. The first-order valence-electron chi connectivity index (χ1n) is 9.43. The monoisotopic (exact) mass is 428 g/mol. The summed E-state index contributed by atoms with van der Waals surface area (Å²) in [5, 5.41) is 11.6. The normalized spacial score (nSPS) is 10.5. The van der Waals surface area contributed by atoms with Crippen LogP contribution in [-0.2, 0) is 4.79 Å². The van der Waals surface area contributed by atoms with E-state index in [1.54, 1.807) is 32.4 Å². The predicted octanol–water partition coefficient (Wildman–Crippen LogP) is 4.01. The average Bonchev–Trinajstić information content (AvgIpc) is 3.25. The number of aromatic nitrogens is 3. The molecule has 2 N–H and O–H groups in total. The van der Waals surface area contributed by atoms with Gasteiger partial charge in [0.05, 0.1) is 26.6 Å². The Morgan fingerprint density at radius 1 is 1.03 bits per heavy atom. The van der Waals surface area contributed by atoms with Gasteiger partial charge in [-0.05, 0) is 30.7 Å². The molecule has 2 aromatic carbocycles. The Balaban J connectivity index is 1.55. The van der Waals surface area contributed by atoms with Crippen LogP contribution in [0, 0.1) is 0 Å². The van der Waals surface area contributed by atoms with E-state index in [1.807, 2.05) is 24.3 Å². The number of hydrogen-bond donors (Lipinski definition) is 2. The molecule has 0 unspecified atom stereocenters. The topological polar surface area (TPSA) is 98.4 Å². The van der Waals surface area contributed by atoms with Gasteiger partial charge in [0.15, 0.2) is 11.0 Å². The van der Waals surface area contributed by atoms with Crippen molar-refractivity contribution in [2.24, 2.45) is 0 Å². The fourth-order valence-electron chi connectivity index (χ4n) is 2.58. The van der Waals surface area contributed by atoms with Crippen LogP contribution >= 0.6 is 11.8 Å². The molecule has 0 aliphatic heterocycles. The minimum absolute atomic E-state index is 0.175. The van der Waals surface area contributed by atoms with E-state index in [9.17, 15) is 4.79 Å². The summed E-state index contributed by atoms with van der Waals surface area (Å²) in [4.78, 5) is 15.4. The first kappa shape index (κ1) is 21.5. The fourth-order valence-corrected chi connectivity index (χ4v) is 3.19. The van der Waals surface area contributed by atoms with Gasteiger partial charge in [0.25, 0.3) is 0 Å². The number of ether oxygens (including phenoxy) is 3. The highest BCUT2D eigenvalue weighted by molar-refractivity contribution is 7.99. The summed E-state index contributed by atoms with van der Waals surface area (Å²) in [5.41, 5.74) is 1.49. The molecule has 9 heteroatoms. The number of methoxy groups -OCH3 is 2. The van der Waals surface area contributed by atoms with Crippen LogP contribution < -0.4 is 19.5 Å². The van der Waals surface area contributed by atoms with Crippen LogP contribution in [-0.4, -0.2) is 47.7 Å². The molecule has 0 saturated carbocycles. The van der Waals surface area contributed by atoms with Crippen molar-refractivity contribution in [3.05, 3.63) is 42.5 Å². The summed E-state index contributed by atoms with van der Waals surface area (Å²) in [6, 6.07) is 12.8. The largest absolute Gasteiger partial charge is 0.497 e. The minimum Gasteiger partial charge on any atom is -0.497 e. The van der Waals surface area contributed by atoms with E-state index in [2.05, 4.69) is 27.4 Å². The second-order valence-corrected chi connectivity index (χ2v) is 7.25. The van der Waals surface area contributed by atoms with Crippen LogP contribution in [0.5, 0.6) is 17.2 Å². The van der Waals surface area contributed by atoms with Crippen molar-refractivity contribution in [2.45, 2.75) is 18.5 Å². The summed E-state index contributed by atoms with van der Waals surface area (Å²) in [7, 11) is 3.12. The maximum Gasteiger partial charge on any atom is 0.234 e. The number of H-pyrrole nitrogens is 1. The highest BCUT2D eigenvalue weighted by Gasteiger charge is 2.10. The highest BCUT2D eigenvalue weighted by Crippen LogP contribution is 2.26. The number of carbonyl (C=O) groups is 1. The number of benzene rings is 2. The molecule has 0 spiro atoms. The maximum absolute atomic E-state index is 12.3. The second kappa shape index (κ2) is 10.5. The van der Waals surface area contributed by atoms with Gasteiger partial charge in [-0.15, -0.1) is 10.2 Å². The molecule has 0 atom stereocenters. The summed E-state index contributed by atoms with van der Waals surface area (Å²) in [6.07, 6.45) is 0.962. The van der Waals surface area contributed by atoms with Crippen molar-refractivity contribution in [3.63, 3.8) is 0 Å². The number of nitrogens with one attached hydrogen (secondary N) is 2. The lowest BCUT2D eigenvalue weighted by molar-refractivity contribution is -0.113. The zero-order valence-corrected chi connectivity index (χ0v) is 17.9. The Morgan fingerprint density at radius 3 is 2.37 bits per heavy atom. The third-order valence-corrected chi connectivity index (χ3v) is 4.91. The quantitative estimate of drug-likeness (QED) is 0.471. The molecule has 1 heterocycles. The number of aromatic amines is 1. The Kier molecular flexibility index (Phi) is 7.56. The van der Waals surface area contributed by atoms with Crippen molar-refractivity contribution < 1.29 is 19.0 Å². The molecule has 3 aromatic rings. The number of rotatable bonds is 10. The van der Waals surface area contributed by atoms with E-state index >= 15 is 0 Å². The van der Waals surface area contributed by atoms with Gasteiger partial charge in [0, 0.05) is 29.4 Å². The SMILES string of the molecule is CCCOc1ccc(-c2nnc(SCC(=O)Nc3cc(OC)cc(OC)c3)[nH]2)cc1. The maximum atomic E-state index is 12.3. The van der Waals surface area contributed by atoms with E-state index in [4.69, 9.17) is 14.2 Å². The lowest BCUT2D eigenvalue weighted by Gasteiger charge is -2.09. The highest BCUT2D eigenvalue weighted by atomic mass is 32.2. The van der Waals surface area contributed by atoms with Crippen LogP contribution in [0.4, 0.5) is 5.69 Å². The number of nitrogens with zero attached hydrogens (tertiary/aromatic N) is 2. The number of hydrogen-bond acceptors (Lipinski definition) is 7. The zero-order chi connectivity index (χ0) is 21.3. The fraction of sp³-hybridized carbons (Fsp3) is 0.286. The molecule has 0 aliphatic rings. The summed E-state index contributed by atoms with van der Waals surface area (Å²) < 4.78 is 16.0. The first-order chi connectivity index (χ1) is 14.6. The van der Waals surface area contributed by atoms with Crippen LogP contribution in [0.1, 0.15) is 13.3 Å². The molecule has 1 aromatic heterocycles. The number of carbonyl (C=O) groups excluding carboxylic acids is 1. The van der Waals surface area contributed by atoms with E-state index in [1.165, 1.54) is 11.8 Å². The van der Waals surface area contributed by atoms with Gasteiger partial charge in [0.1, 0.15) is 17.2 Å². The van der Waals surface area contributed by atoms with Gasteiger partial charge in [0.2, 0.25) is 5.91 Å². The van der Waals surface area contributed by atoms with Crippen LogP contribution in [0.3, 0.4) is 0 Å². The molecule has 158 valence electrons. The smallest absolute Gasteiger partial charge is 0.234 e. The molecule has 0 radical (unpaired) electrons. The average molecular weight is 429 g/mol. The van der Waals surface area contributed by atoms with E-state index < -0.39 is 0 Å². The molecule has 0 fully saturated rings. The Labute approximate surface area is 179 Å². The molecular formula is C21H24N4O4S. The van der Waals surface area contributed by atoms with Gasteiger partial charge >= 0.3 is 0 Å². The lowest BCUT2D eigenvalue weighted by atomic mass is 10.2. The molecule has 30 heavy (non-hydrogen) atoms. The van der Waals surface area contributed by atoms with Crippen LogP contribution in [0.2, 0.25) is 0 Å². The molecule has 0 bridgehead atoms. The van der Waals surface area contributed by atoms with Gasteiger partial charge < -0.3 is 24.5 Å². The lowest BCUT2D eigenvalue weighted by Crippen LogP contribution is -2.14. The number of amides is 1. The third-order valence-electron chi connectivity index (χ3n) is 4.04. The van der Waals surface area contributed by atoms with Crippen molar-refractivity contribution >= 4 is 23.4 Å². The van der Waals surface area contributed by atoms with E-state index in [0.29, 0.717) is 34.8 Å². The van der Waals surface area contributed by atoms with E-state index in [-0.39, 0.29) is 11.7 Å². The molecule has 1 amide bonds. The molecule has 0 aliphatic carbocycles. The Bertz CT molecular complexity index is 953. The molecular weight excluding hydrogens is 404 g/mol. The Morgan fingerprint density at radius 2 is 1.73 bits per heavy atom. The molecule has 0 saturated heterocycles. The number of thioether (sulfide) groups is 1. The van der Waals surface area contributed by atoms with Crippen LogP contribution in [0.15, 0.2) is 47.6 Å². The van der Waals surface area contributed by atoms with Gasteiger partial charge in [-0.1, -0.05) is 18.7 Å². The van der Waals surface area contributed by atoms with Gasteiger partial charge in [-0.25, -0.2) is 0 Å². The second-order valence-electron chi connectivity index (χ2n) is 6.29. The standard InChI is InChI=1S/C21H24N4O4S/c1-4-9-29-16-7-5-14(6-8-16)20-23-21(25-24-20)30-13-19(26)22-15-10-17(27-2)12-18(11-15)28-3/h5-8,10-12H,4,9,13H2,1-3H3,(H,22,26)(H,23,24,25). The van der Waals surface area contributed by atoms with E-state index in [0.717, 1.165) is 17.7 Å². The summed E-state index contributed by atoms with van der Waals surface area (Å²) >= 11 is 1.27. The molecule has 8 nitrogen and oxygen atoms in total. The third kappa shape index (κ3) is 5.90. The zero-order valence-electron chi connectivity index (χ0n) is 17.1. The summed E-state index contributed by atoms with van der Waals surface area (Å²) in [6.45, 7) is 2.75. The predicted molar refractivity (Wildman–Crippen MR) is 117 cm³/mol. The minimum atomic E-state index is -0.175.